The highest BCUT2D eigenvalue weighted by atomic mass is 19.1. The number of aromatic nitrogens is 2. The van der Waals surface area contributed by atoms with Crippen molar-refractivity contribution in [2.45, 2.75) is 19.9 Å². The first-order valence-electron chi connectivity index (χ1n) is 8.83. The Morgan fingerprint density at radius 2 is 1.92 bits per heavy atom. The largest absolute Gasteiger partial charge is 0.379 e. The maximum Gasteiger partial charge on any atom is 0.255 e. The van der Waals surface area contributed by atoms with Crippen LogP contribution in [-0.2, 0) is 11.8 Å². The van der Waals surface area contributed by atoms with Crippen molar-refractivity contribution in [3.8, 4) is 0 Å². The van der Waals surface area contributed by atoms with Gasteiger partial charge in [-0.1, -0.05) is 12.1 Å². The van der Waals surface area contributed by atoms with Crippen LogP contribution in [0.4, 0.5) is 4.39 Å². The van der Waals surface area contributed by atoms with Gasteiger partial charge in [-0.25, -0.2) is 4.39 Å². The van der Waals surface area contributed by atoms with Crippen LogP contribution in [0.15, 0.2) is 24.3 Å². The number of nitrogens with one attached hydrogen (secondary N) is 1. The fourth-order valence-electron chi connectivity index (χ4n) is 3.41. The van der Waals surface area contributed by atoms with Crippen LogP contribution < -0.4 is 5.32 Å². The molecule has 1 aliphatic rings. The maximum atomic E-state index is 13.3. The van der Waals surface area contributed by atoms with Crippen molar-refractivity contribution in [3.05, 3.63) is 52.6 Å². The minimum atomic E-state index is -0.264. The van der Waals surface area contributed by atoms with Crippen molar-refractivity contribution in [2.24, 2.45) is 7.05 Å². The van der Waals surface area contributed by atoms with Crippen LogP contribution >= 0.6 is 0 Å². The summed E-state index contributed by atoms with van der Waals surface area (Å²) in [6.07, 6.45) is 0. The Morgan fingerprint density at radius 1 is 1.27 bits per heavy atom. The smallest absolute Gasteiger partial charge is 0.255 e. The van der Waals surface area contributed by atoms with Gasteiger partial charge in [0.05, 0.1) is 30.5 Å². The molecule has 1 fully saturated rings. The molecule has 26 heavy (non-hydrogen) atoms. The van der Waals surface area contributed by atoms with Crippen molar-refractivity contribution < 1.29 is 13.9 Å². The van der Waals surface area contributed by atoms with E-state index in [1.807, 2.05) is 20.9 Å². The van der Waals surface area contributed by atoms with Crippen LogP contribution in [0.5, 0.6) is 0 Å². The molecule has 1 N–H and O–H groups in total. The summed E-state index contributed by atoms with van der Waals surface area (Å²) in [5.74, 6) is -0.395. The second-order valence-electron chi connectivity index (χ2n) is 6.60. The summed E-state index contributed by atoms with van der Waals surface area (Å²) >= 11 is 0. The molecule has 1 aliphatic heterocycles. The van der Waals surface area contributed by atoms with Gasteiger partial charge in [0.15, 0.2) is 0 Å². The predicted molar refractivity (Wildman–Crippen MR) is 96.5 cm³/mol. The summed E-state index contributed by atoms with van der Waals surface area (Å²) in [5, 5.41) is 7.34. The van der Waals surface area contributed by atoms with E-state index in [4.69, 9.17) is 4.74 Å². The molecular formula is C19H25FN4O2. The number of nitrogens with zero attached hydrogens (tertiary/aromatic N) is 3. The van der Waals surface area contributed by atoms with Crippen molar-refractivity contribution >= 4 is 5.91 Å². The molecule has 0 aliphatic carbocycles. The van der Waals surface area contributed by atoms with Crippen molar-refractivity contribution in [2.75, 3.05) is 32.8 Å². The number of morpholine rings is 1. The third-order valence-corrected chi connectivity index (χ3v) is 4.93. The Kier molecular flexibility index (Phi) is 5.68. The molecule has 3 rings (SSSR count). The molecule has 0 spiro atoms. The first-order valence-corrected chi connectivity index (χ1v) is 8.83. The van der Waals surface area contributed by atoms with Crippen LogP contribution in [0, 0.1) is 19.7 Å². The Hall–Kier alpha value is -2.25. The molecule has 1 amide bonds. The molecule has 1 aromatic carbocycles. The van der Waals surface area contributed by atoms with Gasteiger partial charge in [-0.2, -0.15) is 5.10 Å². The summed E-state index contributed by atoms with van der Waals surface area (Å²) < 4.78 is 20.5. The Balaban J connectivity index is 1.77. The van der Waals surface area contributed by atoms with E-state index in [1.54, 1.807) is 16.8 Å². The van der Waals surface area contributed by atoms with E-state index in [0.29, 0.717) is 31.0 Å². The zero-order valence-corrected chi connectivity index (χ0v) is 15.5. The second kappa shape index (κ2) is 7.97. The average molecular weight is 360 g/mol. The number of amides is 1. The standard InChI is InChI=1S/C19H25FN4O2/c1-13-18(14(2)23(3)22-13)19(25)21-12-17(24-8-10-26-11-9-24)15-4-6-16(20)7-5-15/h4-7,17H,8-12H2,1-3H3,(H,21,25). The molecule has 2 aromatic rings. The minimum absolute atomic E-state index is 0.0271. The molecule has 1 aromatic heterocycles. The number of ether oxygens (including phenoxy) is 1. The Bertz CT molecular complexity index is 767. The van der Waals surface area contributed by atoms with Gasteiger partial charge in [-0.05, 0) is 31.5 Å². The normalized spacial score (nSPS) is 16.5. The highest BCUT2D eigenvalue weighted by molar-refractivity contribution is 5.96. The third kappa shape index (κ3) is 3.94. The molecule has 1 atom stereocenters. The monoisotopic (exact) mass is 360 g/mol. The molecule has 7 heteroatoms. The fourth-order valence-corrected chi connectivity index (χ4v) is 3.41. The quantitative estimate of drug-likeness (QED) is 0.886. The van der Waals surface area contributed by atoms with Crippen molar-refractivity contribution in [1.82, 2.24) is 20.0 Å². The van der Waals surface area contributed by atoms with Gasteiger partial charge in [-0.15, -0.1) is 0 Å². The van der Waals surface area contributed by atoms with Crippen LogP contribution in [0.1, 0.15) is 33.4 Å². The van der Waals surface area contributed by atoms with E-state index in [1.165, 1.54) is 12.1 Å². The topological polar surface area (TPSA) is 59.4 Å². The number of rotatable bonds is 5. The number of aryl methyl sites for hydroxylation is 2. The molecule has 0 saturated carbocycles. The van der Waals surface area contributed by atoms with Gasteiger partial charge in [0, 0.05) is 32.4 Å². The number of hydrogen-bond acceptors (Lipinski definition) is 4. The number of halogens is 1. The van der Waals surface area contributed by atoms with Crippen molar-refractivity contribution in [1.29, 1.82) is 0 Å². The number of hydrogen-bond donors (Lipinski definition) is 1. The zero-order valence-electron chi connectivity index (χ0n) is 15.5. The maximum absolute atomic E-state index is 13.3. The lowest BCUT2D eigenvalue weighted by molar-refractivity contribution is 0.0162. The van der Waals surface area contributed by atoms with E-state index in [0.717, 1.165) is 24.3 Å². The molecule has 0 radical (unpaired) electrons. The van der Waals surface area contributed by atoms with Gasteiger partial charge in [0.2, 0.25) is 0 Å². The van der Waals surface area contributed by atoms with E-state index in [2.05, 4.69) is 15.3 Å². The van der Waals surface area contributed by atoms with Gasteiger partial charge in [-0.3, -0.25) is 14.4 Å². The van der Waals surface area contributed by atoms with E-state index < -0.39 is 0 Å². The van der Waals surface area contributed by atoms with Crippen LogP contribution in [-0.4, -0.2) is 53.4 Å². The number of carbonyl (C=O) groups is 1. The second-order valence-corrected chi connectivity index (χ2v) is 6.60. The lowest BCUT2D eigenvalue weighted by Gasteiger charge is -2.35. The summed E-state index contributed by atoms with van der Waals surface area (Å²) in [4.78, 5) is 15.0. The molecule has 2 heterocycles. The van der Waals surface area contributed by atoms with Crippen LogP contribution in [0.25, 0.3) is 0 Å². The average Bonchev–Trinajstić information content (AvgIpc) is 2.89. The SMILES string of the molecule is Cc1nn(C)c(C)c1C(=O)NCC(c1ccc(F)cc1)N1CCOCC1. The first kappa shape index (κ1) is 18.5. The highest BCUT2D eigenvalue weighted by Gasteiger charge is 2.25. The van der Waals surface area contributed by atoms with Crippen molar-refractivity contribution in [3.63, 3.8) is 0 Å². The molecular weight excluding hydrogens is 335 g/mol. The van der Waals surface area contributed by atoms with Gasteiger partial charge in [0.1, 0.15) is 5.82 Å². The Morgan fingerprint density at radius 3 is 2.50 bits per heavy atom. The van der Waals surface area contributed by atoms with Crippen LogP contribution in [0.3, 0.4) is 0 Å². The first-order chi connectivity index (χ1) is 12.5. The van der Waals surface area contributed by atoms with Gasteiger partial charge >= 0.3 is 0 Å². The highest BCUT2D eigenvalue weighted by Crippen LogP contribution is 2.22. The van der Waals surface area contributed by atoms with Crippen LogP contribution in [0.2, 0.25) is 0 Å². The fraction of sp³-hybridized carbons (Fsp3) is 0.474. The molecule has 1 unspecified atom stereocenters. The van der Waals surface area contributed by atoms with E-state index >= 15 is 0 Å². The lowest BCUT2D eigenvalue weighted by atomic mass is 10.0. The molecule has 140 valence electrons. The summed E-state index contributed by atoms with van der Waals surface area (Å²) in [6, 6.07) is 6.45. The van der Waals surface area contributed by atoms with Gasteiger partial charge < -0.3 is 10.1 Å². The number of carbonyl (C=O) groups excluding carboxylic acids is 1. The predicted octanol–water partition coefficient (Wildman–Crippen LogP) is 1.98. The minimum Gasteiger partial charge on any atom is -0.379 e. The Labute approximate surface area is 152 Å². The molecule has 0 bridgehead atoms. The van der Waals surface area contributed by atoms with E-state index in [-0.39, 0.29) is 17.8 Å². The molecule has 6 nitrogen and oxygen atoms in total. The zero-order chi connectivity index (χ0) is 18.7. The van der Waals surface area contributed by atoms with Gasteiger partial charge in [0.25, 0.3) is 5.91 Å². The lowest BCUT2D eigenvalue weighted by Crippen LogP contribution is -2.44. The number of benzene rings is 1. The molecule has 1 saturated heterocycles. The summed E-state index contributed by atoms with van der Waals surface area (Å²) in [5.41, 5.74) is 3.15. The van der Waals surface area contributed by atoms with E-state index in [9.17, 15) is 9.18 Å². The summed E-state index contributed by atoms with van der Waals surface area (Å²) in [7, 11) is 1.83. The third-order valence-electron chi connectivity index (χ3n) is 4.93. The summed E-state index contributed by atoms with van der Waals surface area (Å²) in [6.45, 7) is 7.04.